The summed E-state index contributed by atoms with van der Waals surface area (Å²) in [7, 11) is 12.8. The molecule has 19 heavy (non-hydrogen) atoms. The molecule has 0 unspecified atom stereocenters. The van der Waals surface area contributed by atoms with E-state index in [0.717, 1.165) is 0 Å². The summed E-state index contributed by atoms with van der Waals surface area (Å²) in [4.78, 5) is 0. The monoisotopic (exact) mass is 375 g/mol. The molecule has 7 nitrogen and oxygen atoms in total. The van der Waals surface area contributed by atoms with Crippen molar-refractivity contribution in [3.05, 3.63) is 26.6 Å². The van der Waals surface area contributed by atoms with Gasteiger partial charge in [-0.25, -0.2) is 0 Å². The Kier molecular flexibility index (Phi) is 69.2. The fraction of sp³-hybridized carbons (Fsp3) is 0.600. The van der Waals surface area contributed by atoms with Crippen molar-refractivity contribution in [2.24, 2.45) is 0 Å². The summed E-state index contributed by atoms with van der Waals surface area (Å²) < 4.78 is 36.9. The van der Waals surface area contributed by atoms with Crippen molar-refractivity contribution in [3.63, 3.8) is 0 Å². The molecule has 0 bridgehead atoms. The van der Waals surface area contributed by atoms with Gasteiger partial charge in [-0.3, -0.25) is 0 Å². The van der Waals surface area contributed by atoms with Gasteiger partial charge in [0.05, 0.1) is 0 Å². The van der Waals surface area contributed by atoms with Crippen LogP contribution >= 0.6 is 0 Å². The molecule has 0 aliphatic heterocycles. The van der Waals surface area contributed by atoms with E-state index in [9.17, 15) is 0 Å². The minimum atomic E-state index is -1.02. The van der Waals surface area contributed by atoms with Crippen molar-refractivity contribution >= 4 is 15.3 Å². The number of rotatable bonds is 3. The van der Waals surface area contributed by atoms with Crippen LogP contribution in [0.4, 0.5) is 0 Å². The third-order valence-corrected chi connectivity index (χ3v) is 5.58. The van der Waals surface area contributed by atoms with E-state index < -0.39 is 15.3 Å². The average molecular weight is 375 g/mol. The van der Waals surface area contributed by atoms with Crippen LogP contribution in [0.5, 0.6) is 0 Å². The van der Waals surface area contributed by atoms with Gasteiger partial charge in [-0.2, -0.15) is 0 Å². The van der Waals surface area contributed by atoms with Crippen LogP contribution in [-0.2, 0) is 35.7 Å². The van der Waals surface area contributed by atoms with E-state index in [1.54, 1.807) is 0 Å². The second kappa shape index (κ2) is 36.1. The number of nitrogens with zero attached hydrogens (tertiary/aromatic N) is 3. The minimum Gasteiger partial charge on any atom is 0 e. The van der Waals surface area contributed by atoms with E-state index in [4.69, 9.17) is 18.6 Å². The zero-order chi connectivity index (χ0) is 16.3. The van der Waals surface area contributed by atoms with Crippen LogP contribution in [-0.4, -0.2) is 69.1 Å². The third-order valence-electron chi connectivity index (χ3n) is 1.07. The molecule has 0 rings (SSSR count). The molecule has 9 heteroatoms. The van der Waals surface area contributed by atoms with E-state index in [1.165, 1.54) is 0 Å². The molecule has 0 atom stereocenters. The third kappa shape index (κ3) is 32.0. The van der Waals surface area contributed by atoms with Crippen LogP contribution in [0.1, 0.15) is 0 Å². The van der Waals surface area contributed by atoms with Gasteiger partial charge in [0.1, 0.15) is 0 Å². The van der Waals surface area contributed by atoms with Crippen LogP contribution in [0.3, 0.4) is 0 Å². The summed E-state index contributed by atoms with van der Waals surface area (Å²) >= 11 is -1.02. The molecule has 0 aliphatic rings. The van der Waals surface area contributed by atoms with Gasteiger partial charge in [0.2, 0.25) is 0 Å². The molecule has 0 saturated carbocycles. The molecule has 0 aliphatic carbocycles. The summed E-state index contributed by atoms with van der Waals surface area (Å²) in [6.07, 6.45) is 0. The van der Waals surface area contributed by atoms with Gasteiger partial charge < -0.3 is 0 Å². The Morgan fingerprint density at radius 3 is 0.632 bits per heavy atom. The predicted octanol–water partition coefficient (Wildman–Crippen LogP) is -0.496. The molecule has 0 aromatic heterocycles. The van der Waals surface area contributed by atoms with Crippen LogP contribution in [0.15, 0.2) is 0 Å². The summed E-state index contributed by atoms with van der Waals surface area (Å²) in [6.45, 7) is 18.0. The van der Waals surface area contributed by atoms with Crippen molar-refractivity contribution < 1.29 is 35.7 Å². The maximum absolute atomic E-state index is 7.50. The Bertz CT molecular complexity index is 187. The van der Waals surface area contributed by atoms with Crippen LogP contribution in [0.25, 0.3) is 0 Å². The van der Waals surface area contributed by atoms with E-state index >= 15 is 0 Å². The molecule has 0 saturated heterocycles. The van der Waals surface area contributed by atoms with Crippen molar-refractivity contribution in [2.45, 2.75) is 0 Å². The van der Waals surface area contributed by atoms with Crippen LogP contribution in [0, 0.1) is 26.6 Å². The summed E-state index contributed by atoms with van der Waals surface area (Å²) in [5.74, 6) is 0. The fourth-order valence-electron chi connectivity index (χ4n) is 1.07. The van der Waals surface area contributed by atoms with Crippen LogP contribution < -0.4 is 0 Å². The fourth-order valence-corrected chi connectivity index (χ4v) is 5.58. The minimum absolute atomic E-state index is 0. The van der Waals surface area contributed by atoms with Crippen molar-refractivity contribution in [1.29, 1.82) is 0 Å². The van der Waals surface area contributed by atoms with Crippen molar-refractivity contribution in [2.75, 3.05) is 42.3 Å². The number of hydrogen-bond acceptors (Lipinski definition) is 3. The molecule has 0 radical (unpaired) electrons. The average Bonchev–Trinajstić information content (AvgIpc) is 2.37. The van der Waals surface area contributed by atoms with Gasteiger partial charge in [-0.1, -0.05) is 0 Å². The Balaban J connectivity index is -0.0000000401. The first-order valence-electron chi connectivity index (χ1n) is 4.10. The second-order valence-electron chi connectivity index (χ2n) is 2.81. The van der Waals surface area contributed by atoms with Crippen molar-refractivity contribution in [1.82, 2.24) is 11.5 Å². The standard InChI is InChI=1S/C6H18AsN3.4CO.Fe/c1-8(2)7(9(3)4)10(5)6;4*1-2;/h1-6H3;;;;;. The Hall–Kier alpha value is -0.0821. The zero-order valence-electron chi connectivity index (χ0n) is 11.8. The molecule has 0 aromatic carbocycles. The molecule has 0 amide bonds. The second-order valence-corrected chi connectivity index (χ2v) is 8.97. The van der Waals surface area contributed by atoms with Gasteiger partial charge in [-0.15, -0.1) is 0 Å². The largest absolute Gasteiger partial charge is 0 e. The van der Waals surface area contributed by atoms with E-state index in [1.807, 2.05) is 0 Å². The molecule has 0 heterocycles. The Morgan fingerprint density at radius 2 is 0.632 bits per heavy atom. The van der Waals surface area contributed by atoms with Gasteiger partial charge in [0, 0.05) is 17.1 Å². The topological polar surface area (TPSA) is 89.3 Å². The molecule has 110 valence electrons. The van der Waals surface area contributed by atoms with Gasteiger partial charge in [-0.05, 0) is 0 Å². The van der Waals surface area contributed by atoms with Gasteiger partial charge in [0.25, 0.3) is 0 Å². The zero-order valence-corrected chi connectivity index (χ0v) is 14.8. The van der Waals surface area contributed by atoms with E-state index in [0.29, 0.717) is 0 Å². The van der Waals surface area contributed by atoms with E-state index in [2.05, 4.69) is 80.3 Å². The maximum Gasteiger partial charge on any atom is 0 e. The molecular formula is C10H18AsFeN3O4. The summed E-state index contributed by atoms with van der Waals surface area (Å²) in [6, 6.07) is 0. The van der Waals surface area contributed by atoms with Gasteiger partial charge in [0.15, 0.2) is 0 Å². The SMILES string of the molecule is CN(C)[As](N(C)C)N(C)C.[C-]#[O+].[C-]#[O+].[C-]#[O+].[C-]#[O+].[Fe]. The normalized spacial score (nSPS) is 7.05. The van der Waals surface area contributed by atoms with Gasteiger partial charge >= 0.3 is 114 Å². The first-order valence-corrected chi connectivity index (χ1v) is 6.62. The summed E-state index contributed by atoms with van der Waals surface area (Å²) in [5.41, 5.74) is 0. The smallest absolute Gasteiger partial charge is 0 e. The van der Waals surface area contributed by atoms with Crippen LogP contribution in [0.2, 0.25) is 0 Å². The predicted molar refractivity (Wildman–Crippen MR) is 62.5 cm³/mol. The first-order chi connectivity index (χ1) is 8.46. The maximum atomic E-state index is 7.50. The summed E-state index contributed by atoms with van der Waals surface area (Å²) in [5, 5.41) is 0. The van der Waals surface area contributed by atoms with E-state index in [-0.39, 0.29) is 17.1 Å². The first kappa shape index (κ1) is 36.4. The number of hydrogen-bond donors (Lipinski definition) is 0. The molecular weight excluding hydrogens is 357 g/mol. The quantitative estimate of drug-likeness (QED) is 0.379. The molecule has 0 aromatic rings. The Morgan fingerprint density at radius 1 is 0.526 bits per heavy atom. The molecule has 0 fully saturated rings. The molecule has 0 spiro atoms. The van der Waals surface area contributed by atoms with Crippen molar-refractivity contribution in [3.8, 4) is 0 Å². The Labute approximate surface area is 131 Å². The molecule has 0 N–H and O–H groups in total.